The van der Waals surface area contributed by atoms with E-state index in [2.05, 4.69) is 53.7 Å². The van der Waals surface area contributed by atoms with Gasteiger partial charge in [0.05, 0.1) is 4.90 Å². The van der Waals surface area contributed by atoms with E-state index in [1.54, 1.807) is 4.31 Å². The summed E-state index contributed by atoms with van der Waals surface area (Å²) in [5.41, 5.74) is 3.16. The highest BCUT2D eigenvalue weighted by Crippen LogP contribution is 2.36. The van der Waals surface area contributed by atoms with Crippen molar-refractivity contribution in [2.45, 2.75) is 90.9 Å². The van der Waals surface area contributed by atoms with Crippen LogP contribution in [0.4, 0.5) is 0 Å². The summed E-state index contributed by atoms with van der Waals surface area (Å²) in [5.74, 6) is 0.728. The van der Waals surface area contributed by atoms with Gasteiger partial charge in [-0.3, -0.25) is 0 Å². The molecule has 3 nitrogen and oxygen atoms in total. The second kappa shape index (κ2) is 9.18. The molecule has 0 aliphatic rings. The summed E-state index contributed by atoms with van der Waals surface area (Å²) in [6.45, 7) is 17.9. The van der Waals surface area contributed by atoms with E-state index in [4.69, 9.17) is 0 Å². The molecule has 0 fully saturated rings. The first-order chi connectivity index (χ1) is 11.6. The number of rotatable bonds is 9. The van der Waals surface area contributed by atoms with Crippen LogP contribution in [0, 0.1) is 0 Å². The molecule has 0 saturated heterocycles. The normalized spacial score (nSPS) is 12.8. The lowest BCUT2D eigenvalue weighted by molar-refractivity contribution is 0.408. The van der Waals surface area contributed by atoms with Crippen LogP contribution in [0.25, 0.3) is 0 Å². The molecule has 0 aliphatic carbocycles. The molecule has 1 aromatic carbocycles. The van der Waals surface area contributed by atoms with E-state index in [1.165, 1.54) is 5.56 Å². The molecule has 0 radical (unpaired) electrons. The molecule has 0 aromatic heterocycles. The lowest BCUT2D eigenvalue weighted by Gasteiger charge is -2.28. The fourth-order valence-corrected chi connectivity index (χ4v) is 5.46. The Morgan fingerprint density at radius 2 is 1.20 bits per heavy atom. The highest BCUT2D eigenvalue weighted by Gasteiger charge is 2.31. The van der Waals surface area contributed by atoms with Gasteiger partial charge in [0.2, 0.25) is 10.0 Å². The van der Waals surface area contributed by atoms with Crippen LogP contribution < -0.4 is 0 Å². The number of nitrogens with zero attached hydrogens (tertiary/aromatic N) is 1. The first-order valence-electron chi connectivity index (χ1n) is 9.75. The zero-order chi connectivity index (χ0) is 19.4. The summed E-state index contributed by atoms with van der Waals surface area (Å²) in [4.78, 5) is 0.559. The highest BCUT2D eigenvalue weighted by atomic mass is 32.2. The Balaban J connectivity index is 3.75. The Bertz CT molecular complexity index is 625. The van der Waals surface area contributed by atoms with Gasteiger partial charge >= 0.3 is 0 Å². The van der Waals surface area contributed by atoms with Gasteiger partial charge in [0.1, 0.15) is 0 Å². The van der Waals surface area contributed by atoms with E-state index >= 15 is 0 Å². The molecule has 0 bridgehead atoms. The van der Waals surface area contributed by atoms with E-state index in [0.717, 1.165) is 24.0 Å². The predicted octanol–water partition coefficient (Wildman–Crippen LogP) is 5.87. The Hall–Kier alpha value is -0.870. The fraction of sp³-hybridized carbons (Fsp3) is 0.714. The van der Waals surface area contributed by atoms with Gasteiger partial charge in [0, 0.05) is 13.1 Å². The summed E-state index contributed by atoms with van der Waals surface area (Å²) in [6.07, 6.45) is 1.66. The van der Waals surface area contributed by atoms with E-state index in [-0.39, 0.29) is 11.8 Å². The summed E-state index contributed by atoms with van der Waals surface area (Å²) >= 11 is 0. The maximum absolute atomic E-state index is 13.6. The molecule has 0 spiro atoms. The molecule has 25 heavy (non-hydrogen) atoms. The van der Waals surface area contributed by atoms with Crippen molar-refractivity contribution in [1.29, 1.82) is 0 Å². The average Bonchev–Trinajstić information content (AvgIpc) is 2.52. The van der Waals surface area contributed by atoms with Crippen molar-refractivity contribution < 1.29 is 8.42 Å². The second-order valence-corrected chi connectivity index (χ2v) is 9.77. The minimum Gasteiger partial charge on any atom is -0.207 e. The molecule has 0 saturated carbocycles. The molecule has 0 N–H and O–H groups in total. The quantitative estimate of drug-likeness (QED) is 0.547. The number of hydrogen-bond donors (Lipinski definition) is 0. The van der Waals surface area contributed by atoms with E-state index in [1.807, 2.05) is 13.8 Å². The van der Waals surface area contributed by atoms with Crippen molar-refractivity contribution in [2.75, 3.05) is 13.1 Å². The van der Waals surface area contributed by atoms with Crippen LogP contribution in [0.3, 0.4) is 0 Å². The SMILES string of the molecule is CCCN(CCC)S(=O)(=O)c1c(C(C)C)cc(C(C)C)cc1C(C)C. The summed E-state index contributed by atoms with van der Waals surface area (Å²) in [5, 5.41) is 0. The summed E-state index contributed by atoms with van der Waals surface area (Å²) < 4.78 is 28.8. The minimum atomic E-state index is -3.49. The lowest BCUT2D eigenvalue weighted by Crippen LogP contribution is -2.34. The third-order valence-corrected chi connectivity index (χ3v) is 6.66. The van der Waals surface area contributed by atoms with Crippen molar-refractivity contribution in [2.24, 2.45) is 0 Å². The van der Waals surface area contributed by atoms with Crippen LogP contribution in [-0.4, -0.2) is 25.8 Å². The monoisotopic (exact) mass is 367 g/mol. The van der Waals surface area contributed by atoms with Crippen LogP contribution in [0.1, 0.15) is 103 Å². The molecule has 144 valence electrons. The minimum absolute atomic E-state index is 0.172. The topological polar surface area (TPSA) is 37.4 Å². The van der Waals surface area contributed by atoms with E-state index in [9.17, 15) is 8.42 Å². The van der Waals surface area contributed by atoms with Crippen LogP contribution in [0.15, 0.2) is 17.0 Å². The molecule has 0 heterocycles. The van der Waals surface area contributed by atoms with Crippen LogP contribution in [0.2, 0.25) is 0 Å². The van der Waals surface area contributed by atoms with Gasteiger partial charge in [-0.2, -0.15) is 4.31 Å². The Kier molecular flexibility index (Phi) is 8.14. The van der Waals surface area contributed by atoms with Crippen molar-refractivity contribution in [3.8, 4) is 0 Å². The van der Waals surface area contributed by atoms with Gasteiger partial charge in [-0.25, -0.2) is 8.42 Å². The standard InChI is InChI=1S/C21H37NO2S/c1-9-11-22(12-10-2)25(23,24)21-19(16(5)6)13-18(15(3)4)14-20(21)17(7)8/h13-17H,9-12H2,1-8H3. The second-order valence-electron chi connectivity index (χ2n) is 7.90. The van der Waals surface area contributed by atoms with Crippen molar-refractivity contribution >= 4 is 10.0 Å². The highest BCUT2D eigenvalue weighted by molar-refractivity contribution is 7.89. The third-order valence-electron chi connectivity index (χ3n) is 4.62. The van der Waals surface area contributed by atoms with Crippen molar-refractivity contribution in [3.63, 3.8) is 0 Å². The van der Waals surface area contributed by atoms with Gasteiger partial charge in [0.15, 0.2) is 0 Å². The van der Waals surface area contributed by atoms with E-state index < -0.39 is 10.0 Å². The molecule has 0 atom stereocenters. The smallest absolute Gasteiger partial charge is 0.207 e. The average molecular weight is 368 g/mol. The Labute approximate surface area is 155 Å². The third kappa shape index (κ3) is 5.07. The van der Waals surface area contributed by atoms with Crippen LogP contribution >= 0.6 is 0 Å². The first kappa shape index (κ1) is 22.2. The molecule has 0 unspecified atom stereocenters. The summed E-state index contributed by atoms with van der Waals surface area (Å²) in [6, 6.07) is 4.23. The summed E-state index contributed by atoms with van der Waals surface area (Å²) in [7, 11) is -3.49. The van der Waals surface area contributed by atoms with Crippen LogP contribution in [0.5, 0.6) is 0 Å². The Morgan fingerprint density at radius 1 is 0.800 bits per heavy atom. The maximum Gasteiger partial charge on any atom is 0.243 e. The zero-order valence-electron chi connectivity index (χ0n) is 17.4. The zero-order valence-corrected chi connectivity index (χ0v) is 18.2. The van der Waals surface area contributed by atoms with Crippen molar-refractivity contribution in [1.82, 2.24) is 4.31 Å². The molecule has 1 aromatic rings. The van der Waals surface area contributed by atoms with Gasteiger partial charge < -0.3 is 0 Å². The molecule has 0 aliphatic heterocycles. The van der Waals surface area contributed by atoms with Gasteiger partial charge in [-0.15, -0.1) is 0 Å². The van der Waals surface area contributed by atoms with Crippen molar-refractivity contribution in [3.05, 3.63) is 28.8 Å². The number of hydrogen-bond acceptors (Lipinski definition) is 2. The van der Waals surface area contributed by atoms with Crippen LogP contribution in [-0.2, 0) is 10.0 Å². The maximum atomic E-state index is 13.6. The Morgan fingerprint density at radius 3 is 1.48 bits per heavy atom. The fourth-order valence-electron chi connectivity index (χ4n) is 3.17. The predicted molar refractivity (Wildman–Crippen MR) is 108 cm³/mol. The van der Waals surface area contributed by atoms with Gasteiger partial charge in [-0.1, -0.05) is 67.5 Å². The van der Waals surface area contributed by atoms with E-state index in [0.29, 0.717) is 23.9 Å². The van der Waals surface area contributed by atoms with Gasteiger partial charge in [-0.05, 0) is 47.3 Å². The molecule has 4 heteroatoms. The number of benzene rings is 1. The molecular weight excluding hydrogens is 330 g/mol. The first-order valence-corrected chi connectivity index (χ1v) is 11.2. The molecule has 1 rings (SSSR count). The molecular formula is C21H37NO2S. The van der Waals surface area contributed by atoms with Gasteiger partial charge in [0.25, 0.3) is 0 Å². The molecule has 0 amide bonds. The largest absolute Gasteiger partial charge is 0.243 e. The lowest BCUT2D eigenvalue weighted by atomic mass is 9.89. The number of sulfonamides is 1.